The smallest absolute Gasteiger partial charge is 0.243 e. The molecule has 0 atom stereocenters. The Morgan fingerprint density at radius 1 is 1.24 bits per heavy atom. The fourth-order valence-corrected chi connectivity index (χ4v) is 2.72. The van der Waals surface area contributed by atoms with Crippen molar-refractivity contribution >= 4 is 0 Å². The van der Waals surface area contributed by atoms with E-state index in [-0.39, 0.29) is 0 Å². The zero-order valence-electron chi connectivity index (χ0n) is 14.1. The number of hydrogen-bond acceptors (Lipinski definition) is 3. The van der Waals surface area contributed by atoms with E-state index in [1.165, 1.54) is 5.56 Å². The Balaban J connectivity index is 1.60. The highest BCUT2D eigenvalue weighted by Gasteiger charge is 2.07. The number of imidazole rings is 1. The maximum atomic E-state index is 4.65. The first kappa shape index (κ1) is 15.3. The second-order valence-electron chi connectivity index (χ2n) is 6.03. The summed E-state index contributed by atoms with van der Waals surface area (Å²) in [6.07, 6.45) is 9.69. The predicted molar refractivity (Wildman–Crippen MR) is 92.9 cm³/mol. The molecule has 4 rings (SSSR count). The standard InChI is InChI=1S/C19H18N6/c1-14-10-18(23-22-14)19-20-7-6-16(21-19)11-15-4-3-5-17(12-15)25-9-8-24(2)13-25/h3-10,12H,11H2,1-2H3,(H,22,23). The summed E-state index contributed by atoms with van der Waals surface area (Å²) in [7, 11) is 1.96. The molecule has 0 fully saturated rings. The van der Waals surface area contributed by atoms with Crippen LogP contribution in [0.15, 0.2) is 55.0 Å². The molecule has 0 bridgehead atoms. The van der Waals surface area contributed by atoms with Gasteiger partial charge in [-0.05, 0) is 24.6 Å². The highest BCUT2D eigenvalue weighted by molar-refractivity contribution is 5.49. The largest absolute Gasteiger partial charge is 0.326 e. The van der Waals surface area contributed by atoms with E-state index in [9.17, 15) is 0 Å². The summed E-state index contributed by atoms with van der Waals surface area (Å²) in [6.45, 7) is 1.96. The number of benzene rings is 1. The minimum Gasteiger partial charge on any atom is -0.326 e. The molecule has 0 radical (unpaired) electrons. The lowest BCUT2D eigenvalue weighted by Crippen LogP contribution is -2.24. The highest BCUT2D eigenvalue weighted by Crippen LogP contribution is 2.16. The second-order valence-corrected chi connectivity index (χ2v) is 6.03. The molecule has 3 heterocycles. The Kier molecular flexibility index (Phi) is 3.85. The van der Waals surface area contributed by atoms with Gasteiger partial charge in [0.25, 0.3) is 0 Å². The zero-order chi connectivity index (χ0) is 17.2. The average molecular weight is 330 g/mol. The van der Waals surface area contributed by atoms with Crippen LogP contribution >= 0.6 is 0 Å². The van der Waals surface area contributed by atoms with Gasteiger partial charge in [0.2, 0.25) is 6.33 Å². The Morgan fingerprint density at radius 2 is 2.16 bits per heavy atom. The number of aromatic nitrogens is 6. The van der Waals surface area contributed by atoms with Gasteiger partial charge in [0.15, 0.2) is 5.82 Å². The molecule has 0 aliphatic heterocycles. The maximum absolute atomic E-state index is 4.65. The van der Waals surface area contributed by atoms with Crippen molar-refractivity contribution in [1.82, 2.24) is 24.7 Å². The van der Waals surface area contributed by atoms with Crippen LogP contribution in [0.25, 0.3) is 17.2 Å². The van der Waals surface area contributed by atoms with E-state index < -0.39 is 0 Å². The van der Waals surface area contributed by atoms with Gasteiger partial charge in [-0.1, -0.05) is 24.3 Å². The first-order chi connectivity index (χ1) is 12.2. The fourth-order valence-electron chi connectivity index (χ4n) is 2.72. The van der Waals surface area contributed by atoms with Gasteiger partial charge in [0.1, 0.15) is 5.69 Å². The van der Waals surface area contributed by atoms with Crippen LogP contribution in [0.4, 0.5) is 0 Å². The van der Waals surface area contributed by atoms with E-state index >= 15 is 0 Å². The van der Waals surface area contributed by atoms with Gasteiger partial charge >= 0.3 is 0 Å². The molecule has 0 spiro atoms. The summed E-state index contributed by atoms with van der Waals surface area (Å²) >= 11 is 0. The van der Waals surface area contributed by atoms with Gasteiger partial charge in [-0.15, -0.1) is 0 Å². The third-order valence-electron chi connectivity index (χ3n) is 3.93. The molecule has 3 aromatic heterocycles. The summed E-state index contributed by atoms with van der Waals surface area (Å²) in [5.74, 6) is 0.642. The normalized spacial score (nSPS) is 11.0. The van der Waals surface area contributed by atoms with E-state index in [4.69, 9.17) is 0 Å². The van der Waals surface area contributed by atoms with Crippen LogP contribution in [0.3, 0.4) is 0 Å². The zero-order valence-corrected chi connectivity index (χ0v) is 14.1. The molecule has 0 aliphatic carbocycles. The number of H-pyrrole nitrogens is 1. The van der Waals surface area contributed by atoms with E-state index in [0.29, 0.717) is 5.82 Å². The number of nitrogens with zero attached hydrogens (tertiary/aromatic N) is 5. The molecule has 4 aromatic rings. The molecule has 124 valence electrons. The monoisotopic (exact) mass is 330 g/mol. The van der Waals surface area contributed by atoms with Crippen LogP contribution in [-0.4, -0.2) is 24.7 Å². The van der Waals surface area contributed by atoms with Gasteiger partial charge < -0.3 is 9.13 Å². The molecule has 0 saturated carbocycles. The summed E-state index contributed by atoms with van der Waals surface area (Å²) in [5, 5.41) is 7.16. The number of aromatic amines is 1. The van der Waals surface area contributed by atoms with Gasteiger partial charge in [-0.25, -0.2) is 9.97 Å². The Morgan fingerprint density at radius 3 is 2.92 bits per heavy atom. The van der Waals surface area contributed by atoms with Crippen molar-refractivity contribution in [2.75, 3.05) is 0 Å². The third-order valence-corrected chi connectivity index (χ3v) is 3.93. The maximum Gasteiger partial charge on any atom is 0.243 e. The van der Waals surface area contributed by atoms with Crippen LogP contribution in [0.2, 0.25) is 0 Å². The SMILES string of the molecule is Cc1cc(-c2nccc(Cc3cccc(-n4[c-][n+](C)cc4)c3)n2)n[nH]1. The predicted octanol–water partition coefficient (Wildman–Crippen LogP) is 2.18. The Bertz CT molecular complexity index is 932. The Hall–Kier alpha value is -3.28. The van der Waals surface area contributed by atoms with E-state index in [1.54, 1.807) is 6.20 Å². The molecule has 6 nitrogen and oxygen atoms in total. The molecular formula is C19H18N6. The summed E-state index contributed by atoms with van der Waals surface area (Å²) in [4.78, 5) is 8.97. The van der Waals surface area contributed by atoms with Crippen LogP contribution in [0.5, 0.6) is 0 Å². The van der Waals surface area contributed by atoms with Crippen LogP contribution < -0.4 is 4.57 Å². The number of nitrogens with one attached hydrogen (secondary N) is 1. The summed E-state index contributed by atoms with van der Waals surface area (Å²) < 4.78 is 3.87. The first-order valence-corrected chi connectivity index (χ1v) is 8.07. The quantitative estimate of drug-likeness (QED) is 0.461. The van der Waals surface area contributed by atoms with Gasteiger partial charge in [0, 0.05) is 36.4 Å². The minimum absolute atomic E-state index is 0.642. The molecule has 6 heteroatoms. The number of rotatable bonds is 4. The molecule has 1 N–H and O–H groups in total. The van der Waals surface area contributed by atoms with E-state index in [2.05, 4.69) is 50.8 Å². The fraction of sp³-hybridized carbons (Fsp3) is 0.158. The topological polar surface area (TPSA) is 63.3 Å². The summed E-state index contributed by atoms with van der Waals surface area (Å²) in [6, 6.07) is 12.3. The van der Waals surface area contributed by atoms with Crippen molar-refractivity contribution in [3.05, 3.63) is 78.3 Å². The van der Waals surface area contributed by atoms with Crippen molar-refractivity contribution in [1.29, 1.82) is 0 Å². The Labute approximate surface area is 145 Å². The van der Waals surface area contributed by atoms with Crippen LogP contribution in [0, 0.1) is 13.3 Å². The van der Waals surface area contributed by atoms with Crippen molar-refractivity contribution in [2.24, 2.45) is 7.05 Å². The molecule has 1 aromatic carbocycles. The lowest BCUT2D eigenvalue weighted by Gasteiger charge is -2.07. The summed E-state index contributed by atoms with van der Waals surface area (Å²) in [5.41, 5.74) is 4.99. The van der Waals surface area contributed by atoms with Gasteiger partial charge in [0.05, 0.1) is 12.7 Å². The van der Waals surface area contributed by atoms with Crippen molar-refractivity contribution in [2.45, 2.75) is 13.3 Å². The molecular weight excluding hydrogens is 312 g/mol. The van der Waals surface area contributed by atoms with Crippen molar-refractivity contribution < 1.29 is 4.57 Å². The first-order valence-electron chi connectivity index (χ1n) is 8.07. The lowest BCUT2D eigenvalue weighted by molar-refractivity contribution is -0.674. The molecule has 0 aliphatic rings. The second kappa shape index (κ2) is 6.32. The highest BCUT2D eigenvalue weighted by atomic mass is 15.1. The van der Waals surface area contributed by atoms with Crippen molar-refractivity contribution in [3.8, 4) is 17.2 Å². The van der Waals surface area contributed by atoms with E-state index in [1.807, 2.05) is 47.6 Å². The molecule has 0 amide bonds. The van der Waals surface area contributed by atoms with Gasteiger partial charge in [-0.2, -0.15) is 5.10 Å². The number of aryl methyl sites for hydroxylation is 2. The third kappa shape index (κ3) is 3.33. The minimum atomic E-state index is 0.642. The number of hydrogen-bond donors (Lipinski definition) is 1. The lowest BCUT2D eigenvalue weighted by atomic mass is 10.1. The molecule has 25 heavy (non-hydrogen) atoms. The van der Waals surface area contributed by atoms with Crippen LogP contribution in [-0.2, 0) is 13.5 Å². The molecule has 0 saturated heterocycles. The van der Waals surface area contributed by atoms with Gasteiger partial charge in [-0.3, -0.25) is 5.10 Å². The average Bonchev–Trinajstić information content (AvgIpc) is 3.24. The van der Waals surface area contributed by atoms with Crippen molar-refractivity contribution in [3.63, 3.8) is 0 Å². The van der Waals surface area contributed by atoms with E-state index in [0.717, 1.165) is 29.2 Å². The van der Waals surface area contributed by atoms with Crippen LogP contribution in [0.1, 0.15) is 17.0 Å². The molecule has 0 unspecified atom stereocenters.